The second-order valence-electron chi connectivity index (χ2n) is 4.41. The zero-order valence-electron chi connectivity index (χ0n) is 11.5. The molecule has 0 N–H and O–H groups in total. The van der Waals surface area contributed by atoms with E-state index in [-0.39, 0.29) is 5.97 Å². The minimum absolute atomic E-state index is 0.194. The van der Waals surface area contributed by atoms with Crippen molar-refractivity contribution >= 4 is 5.97 Å². The molecule has 0 atom stereocenters. The van der Waals surface area contributed by atoms with Crippen LogP contribution in [0.4, 0.5) is 0 Å². The fraction of sp³-hybridized carbons (Fsp3) is 0.929. The Morgan fingerprint density at radius 3 is 2.06 bits per heavy atom. The highest BCUT2D eigenvalue weighted by Gasteiger charge is 1.98. The van der Waals surface area contributed by atoms with Crippen LogP contribution in [0.2, 0.25) is 0 Å². The Bertz CT molecular complexity index is 169. The third-order valence-corrected chi connectivity index (χ3v) is 2.82. The maximum Gasteiger partial charge on any atom is 0.307 e. The molecular weight excluding hydrogens is 216 g/mol. The van der Waals surface area contributed by atoms with E-state index in [0.29, 0.717) is 13.0 Å². The highest BCUT2D eigenvalue weighted by Crippen LogP contribution is 2.08. The third kappa shape index (κ3) is 13.4. The van der Waals surface area contributed by atoms with Gasteiger partial charge in [0.25, 0.3) is 0 Å². The number of hydrogen-bond acceptors (Lipinski definition) is 3. The maximum atomic E-state index is 10.8. The predicted molar refractivity (Wildman–Crippen MR) is 70.1 cm³/mol. The normalized spacial score (nSPS) is 10.5. The second-order valence-corrected chi connectivity index (χ2v) is 4.41. The van der Waals surface area contributed by atoms with Crippen LogP contribution in [-0.2, 0) is 14.3 Å². The van der Waals surface area contributed by atoms with Crippen LogP contribution in [0.1, 0.15) is 64.7 Å². The molecule has 0 aromatic rings. The second kappa shape index (κ2) is 13.5. The molecule has 102 valence electrons. The molecule has 0 bridgehead atoms. The van der Waals surface area contributed by atoms with E-state index in [1.165, 1.54) is 52.1 Å². The standard InChI is InChI=1S/C14H28O3/c1-3-4-5-6-7-8-9-10-12-17-13-11-14(15)16-2/h3-13H2,1-2H3. The summed E-state index contributed by atoms with van der Waals surface area (Å²) in [6.07, 6.45) is 10.8. The molecule has 0 unspecified atom stereocenters. The van der Waals surface area contributed by atoms with Gasteiger partial charge in [-0.1, -0.05) is 51.9 Å². The minimum Gasteiger partial charge on any atom is -0.469 e. The molecule has 0 heterocycles. The molecule has 3 nitrogen and oxygen atoms in total. The van der Waals surface area contributed by atoms with Crippen LogP contribution in [-0.4, -0.2) is 26.3 Å². The minimum atomic E-state index is -0.194. The topological polar surface area (TPSA) is 35.5 Å². The zero-order valence-corrected chi connectivity index (χ0v) is 11.5. The van der Waals surface area contributed by atoms with Gasteiger partial charge in [0.15, 0.2) is 0 Å². The SMILES string of the molecule is CCCCCCCCCCOCCC(=O)OC. The highest BCUT2D eigenvalue weighted by molar-refractivity contribution is 5.69. The fourth-order valence-electron chi connectivity index (χ4n) is 1.70. The Labute approximate surface area is 106 Å². The Balaban J connectivity index is 2.96. The Morgan fingerprint density at radius 1 is 0.882 bits per heavy atom. The summed E-state index contributed by atoms with van der Waals surface area (Å²) in [5.74, 6) is -0.194. The summed E-state index contributed by atoms with van der Waals surface area (Å²) in [4.78, 5) is 10.8. The van der Waals surface area contributed by atoms with Gasteiger partial charge in [0.2, 0.25) is 0 Å². The number of methoxy groups -OCH3 is 1. The van der Waals surface area contributed by atoms with Gasteiger partial charge in [0.05, 0.1) is 20.1 Å². The van der Waals surface area contributed by atoms with Crippen LogP contribution in [0, 0.1) is 0 Å². The van der Waals surface area contributed by atoms with Crippen LogP contribution in [0.15, 0.2) is 0 Å². The fourth-order valence-corrected chi connectivity index (χ4v) is 1.70. The molecule has 0 fully saturated rings. The zero-order chi connectivity index (χ0) is 12.8. The van der Waals surface area contributed by atoms with Gasteiger partial charge in [-0.15, -0.1) is 0 Å². The van der Waals surface area contributed by atoms with E-state index in [2.05, 4.69) is 11.7 Å². The smallest absolute Gasteiger partial charge is 0.307 e. The summed E-state index contributed by atoms with van der Waals surface area (Å²) < 4.78 is 9.87. The van der Waals surface area contributed by atoms with Crippen LogP contribution >= 0.6 is 0 Å². The van der Waals surface area contributed by atoms with Crippen LogP contribution in [0.25, 0.3) is 0 Å². The number of ether oxygens (including phenoxy) is 2. The van der Waals surface area contributed by atoms with Crippen molar-refractivity contribution in [3.63, 3.8) is 0 Å². The molecule has 0 aliphatic carbocycles. The van der Waals surface area contributed by atoms with E-state index in [1.807, 2.05) is 0 Å². The molecule has 0 aromatic carbocycles. The lowest BCUT2D eigenvalue weighted by Gasteiger charge is -2.03. The average Bonchev–Trinajstić information content (AvgIpc) is 2.35. The summed E-state index contributed by atoms with van der Waals surface area (Å²) in [5.41, 5.74) is 0. The van der Waals surface area contributed by atoms with Crippen molar-refractivity contribution in [3.8, 4) is 0 Å². The van der Waals surface area contributed by atoms with E-state index < -0.39 is 0 Å². The lowest BCUT2D eigenvalue weighted by Crippen LogP contribution is -2.06. The van der Waals surface area contributed by atoms with E-state index in [1.54, 1.807) is 0 Å². The molecule has 0 spiro atoms. The predicted octanol–water partition coefficient (Wildman–Crippen LogP) is 3.71. The van der Waals surface area contributed by atoms with E-state index in [4.69, 9.17) is 4.74 Å². The van der Waals surface area contributed by atoms with Gasteiger partial charge < -0.3 is 9.47 Å². The van der Waals surface area contributed by atoms with Crippen LogP contribution in [0.3, 0.4) is 0 Å². The molecule has 0 aliphatic rings. The number of carbonyl (C=O) groups is 1. The number of unbranched alkanes of at least 4 members (excludes halogenated alkanes) is 7. The first-order valence-corrected chi connectivity index (χ1v) is 6.95. The van der Waals surface area contributed by atoms with Crippen molar-refractivity contribution in [1.29, 1.82) is 0 Å². The molecule has 0 saturated heterocycles. The van der Waals surface area contributed by atoms with Gasteiger partial charge >= 0.3 is 5.97 Å². The number of rotatable bonds is 12. The summed E-state index contributed by atoms with van der Waals surface area (Å²) >= 11 is 0. The first-order valence-electron chi connectivity index (χ1n) is 6.95. The molecule has 0 rings (SSSR count). The first-order chi connectivity index (χ1) is 8.31. The van der Waals surface area contributed by atoms with Crippen LogP contribution in [0.5, 0.6) is 0 Å². The van der Waals surface area contributed by atoms with Crippen molar-refractivity contribution in [2.75, 3.05) is 20.3 Å². The Hall–Kier alpha value is -0.570. The van der Waals surface area contributed by atoms with Gasteiger partial charge in [0, 0.05) is 6.61 Å². The van der Waals surface area contributed by atoms with Crippen molar-refractivity contribution in [2.24, 2.45) is 0 Å². The maximum absolute atomic E-state index is 10.8. The highest BCUT2D eigenvalue weighted by atomic mass is 16.5. The molecule has 0 aliphatic heterocycles. The Morgan fingerprint density at radius 2 is 1.47 bits per heavy atom. The van der Waals surface area contributed by atoms with Gasteiger partial charge in [-0.25, -0.2) is 0 Å². The van der Waals surface area contributed by atoms with E-state index in [0.717, 1.165) is 13.0 Å². The van der Waals surface area contributed by atoms with Crippen LogP contribution < -0.4 is 0 Å². The summed E-state index contributed by atoms with van der Waals surface area (Å²) in [6.45, 7) is 3.50. The molecule has 0 radical (unpaired) electrons. The van der Waals surface area contributed by atoms with Crippen molar-refractivity contribution in [2.45, 2.75) is 64.7 Å². The quantitative estimate of drug-likeness (QED) is 0.388. The summed E-state index contributed by atoms with van der Waals surface area (Å²) in [6, 6.07) is 0. The summed E-state index contributed by atoms with van der Waals surface area (Å²) in [5, 5.41) is 0. The van der Waals surface area contributed by atoms with Gasteiger partial charge in [0.1, 0.15) is 0 Å². The van der Waals surface area contributed by atoms with Gasteiger partial charge in [-0.2, -0.15) is 0 Å². The van der Waals surface area contributed by atoms with E-state index in [9.17, 15) is 4.79 Å². The molecule has 3 heteroatoms. The number of hydrogen-bond donors (Lipinski definition) is 0. The molecule has 0 aromatic heterocycles. The van der Waals surface area contributed by atoms with Crippen molar-refractivity contribution in [1.82, 2.24) is 0 Å². The molecule has 0 amide bonds. The van der Waals surface area contributed by atoms with Gasteiger partial charge in [-0.3, -0.25) is 4.79 Å². The lowest BCUT2D eigenvalue weighted by molar-refractivity contribution is -0.141. The third-order valence-electron chi connectivity index (χ3n) is 2.82. The molecular formula is C14H28O3. The molecule has 17 heavy (non-hydrogen) atoms. The van der Waals surface area contributed by atoms with Gasteiger partial charge in [-0.05, 0) is 6.42 Å². The molecule has 0 saturated carbocycles. The number of carbonyl (C=O) groups excluding carboxylic acids is 1. The van der Waals surface area contributed by atoms with E-state index >= 15 is 0 Å². The van der Waals surface area contributed by atoms with Crippen molar-refractivity contribution in [3.05, 3.63) is 0 Å². The summed E-state index contributed by atoms with van der Waals surface area (Å²) in [7, 11) is 1.40. The van der Waals surface area contributed by atoms with Crippen molar-refractivity contribution < 1.29 is 14.3 Å². The average molecular weight is 244 g/mol. The lowest BCUT2D eigenvalue weighted by atomic mass is 10.1. The Kier molecular flexibility index (Phi) is 13.0. The number of esters is 1. The monoisotopic (exact) mass is 244 g/mol. The first kappa shape index (κ1) is 16.4. The largest absolute Gasteiger partial charge is 0.469 e.